The van der Waals surface area contributed by atoms with Crippen LogP contribution in [0.15, 0.2) is 66.9 Å². The van der Waals surface area contributed by atoms with E-state index < -0.39 is 0 Å². The van der Waals surface area contributed by atoms with E-state index in [-0.39, 0.29) is 5.91 Å². The van der Waals surface area contributed by atoms with Crippen LogP contribution in [0.25, 0.3) is 0 Å². The molecular formula is C27H31ClN4O2. The van der Waals surface area contributed by atoms with Gasteiger partial charge in [-0.25, -0.2) is 4.98 Å². The van der Waals surface area contributed by atoms with Crippen molar-refractivity contribution in [2.75, 3.05) is 37.4 Å². The van der Waals surface area contributed by atoms with Gasteiger partial charge in [-0.15, -0.1) is 0 Å². The fourth-order valence-corrected chi connectivity index (χ4v) is 4.49. The van der Waals surface area contributed by atoms with Gasteiger partial charge >= 0.3 is 0 Å². The average molecular weight is 479 g/mol. The Hall–Kier alpha value is -3.09. The number of hydrogen-bond donors (Lipinski definition) is 2. The van der Waals surface area contributed by atoms with Crippen LogP contribution in [-0.4, -0.2) is 42.5 Å². The number of methoxy groups -OCH3 is 1. The molecule has 1 aromatic heterocycles. The van der Waals surface area contributed by atoms with Gasteiger partial charge in [0, 0.05) is 24.5 Å². The number of para-hydroxylation sites is 1. The minimum atomic E-state index is -0.195. The molecule has 2 heterocycles. The first-order chi connectivity index (χ1) is 16.5. The van der Waals surface area contributed by atoms with E-state index in [1.807, 2.05) is 30.3 Å². The molecule has 1 saturated heterocycles. The topological polar surface area (TPSA) is 66.5 Å². The van der Waals surface area contributed by atoms with E-state index in [4.69, 9.17) is 16.3 Å². The fourth-order valence-electron chi connectivity index (χ4n) is 4.38. The van der Waals surface area contributed by atoms with E-state index in [1.165, 1.54) is 11.8 Å². The Balaban J connectivity index is 1.31. The van der Waals surface area contributed by atoms with Gasteiger partial charge in [0.25, 0.3) is 5.91 Å². The lowest BCUT2D eigenvalue weighted by Crippen LogP contribution is -2.37. The number of aromatic nitrogens is 1. The summed E-state index contributed by atoms with van der Waals surface area (Å²) in [6.45, 7) is 5.20. The molecule has 0 unspecified atom stereocenters. The highest BCUT2D eigenvalue weighted by Gasteiger charge is 2.24. The van der Waals surface area contributed by atoms with Crippen LogP contribution in [0.2, 0.25) is 5.02 Å². The van der Waals surface area contributed by atoms with Crippen LogP contribution < -0.4 is 15.4 Å². The standard InChI is InChI=1S/C27H31ClN4O2/c1-19(21-6-5-7-23(16-21)34-2)32-14-12-20(13-15-32)17-29-25-9-4-3-8-24(25)27(33)31-26-11-10-22(28)18-30-26/h3-11,16,18-20,29H,12-15,17H2,1-2H3,(H,30,31,33)/t19-/m1/s1. The first kappa shape index (κ1) is 24.0. The van der Waals surface area contributed by atoms with Crippen molar-refractivity contribution in [2.24, 2.45) is 5.92 Å². The Kier molecular flexibility index (Phi) is 8.03. The maximum atomic E-state index is 12.8. The smallest absolute Gasteiger partial charge is 0.258 e. The average Bonchev–Trinajstić information content (AvgIpc) is 2.89. The molecular weight excluding hydrogens is 448 g/mol. The van der Waals surface area contributed by atoms with Crippen molar-refractivity contribution in [2.45, 2.75) is 25.8 Å². The molecule has 1 aliphatic rings. The lowest BCUT2D eigenvalue weighted by molar-refractivity contribution is 0.102. The number of piperidine rings is 1. The summed E-state index contributed by atoms with van der Waals surface area (Å²) in [7, 11) is 1.71. The van der Waals surface area contributed by atoms with Crippen LogP contribution in [-0.2, 0) is 0 Å². The van der Waals surface area contributed by atoms with Gasteiger partial charge in [-0.05, 0) is 80.7 Å². The summed E-state index contributed by atoms with van der Waals surface area (Å²) in [6.07, 6.45) is 3.75. The van der Waals surface area contributed by atoms with Gasteiger partial charge < -0.3 is 15.4 Å². The molecule has 0 aliphatic carbocycles. The lowest BCUT2D eigenvalue weighted by Gasteiger charge is -2.36. The monoisotopic (exact) mass is 478 g/mol. The molecule has 1 aliphatic heterocycles. The quantitative estimate of drug-likeness (QED) is 0.423. The molecule has 2 aromatic carbocycles. The van der Waals surface area contributed by atoms with Gasteiger partial charge in [-0.2, -0.15) is 0 Å². The summed E-state index contributed by atoms with van der Waals surface area (Å²) in [4.78, 5) is 19.5. The summed E-state index contributed by atoms with van der Waals surface area (Å²) in [6, 6.07) is 19.7. The van der Waals surface area contributed by atoms with Crippen molar-refractivity contribution < 1.29 is 9.53 Å². The van der Waals surface area contributed by atoms with E-state index in [9.17, 15) is 4.79 Å². The maximum Gasteiger partial charge on any atom is 0.258 e. The third-order valence-corrected chi connectivity index (χ3v) is 6.72. The number of hydrogen-bond acceptors (Lipinski definition) is 5. The molecule has 7 heteroatoms. The molecule has 4 rings (SSSR count). The predicted octanol–water partition coefficient (Wildman–Crippen LogP) is 5.88. The van der Waals surface area contributed by atoms with Crippen molar-refractivity contribution in [3.8, 4) is 5.75 Å². The number of nitrogens with one attached hydrogen (secondary N) is 2. The highest BCUT2D eigenvalue weighted by Crippen LogP contribution is 2.29. The predicted molar refractivity (Wildman–Crippen MR) is 138 cm³/mol. The van der Waals surface area contributed by atoms with Crippen molar-refractivity contribution in [3.63, 3.8) is 0 Å². The molecule has 2 N–H and O–H groups in total. The van der Waals surface area contributed by atoms with Crippen LogP contribution >= 0.6 is 11.6 Å². The normalized spacial score (nSPS) is 15.5. The molecule has 178 valence electrons. The molecule has 0 spiro atoms. The lowest BCUT2D eigenvalue weighted by atomic mass is 9.94. The highest BCUT2D eigenvalue weighted by atomic mass is 35.5. The molecule has 0 saturated carbocycles. The minimum absolute atomic E-state index is 0.195. The SMILES string of the molecule is COc1cccc([C@@H](C)N2CCC(CNc3ccccc3C(=O)Nc3ccc(Cl)cn3)CC2)c1. The first-order valence-corrected chi connectivity index (χ1v) is 12.0. The van der Waals surface area contributed by atoms with E-state index >= 15 is 0 Å². The second kappa shape index (κ2) is 11.4. The number of pyridine rings is 1. The Labute approximate surface area is 206 Å². The Morgan fingerprint density at radius 1 is 1.15 bits per heavy atom. The van der Waals surface area contributed by atoms with Gasteiger partial charge in [0.1, 0.15) is 11.6 Å². The summed E-state index contributed by atoms with van der Waals surface area (Å²) in [5.41, 5.74) is 2.72. The van der Waals surface area contributed by atoms with Crippen molar-refractivity contribution >= 4 is 29.0 Å². The largest absolute Gasteiger partial charge is 0.497 e. The molecule has 0 radical (unpaired) electrons. The number of likely N-dealkylation sites (tertiary alicyclic amines) is 1. The van der Waals surface area contributed by atoms with Gasteiger partial charge in [-0.3, -0.25) is 9.69 Å². The van der Waals surface area contributed by atoms with Gasteiger partial charge in [0.15, 0.2) is 0 Å². The Morgan fingerprint density at radius 3 is 2.68 bits per heavy atom. The Bertz CT molecular complexity index is 1100. The van der Waals surface area contributed by atoms with Gasteiger partial charge in [0.05, 0.1) is 17.7 Å². The zero-order chi connectivity index (χ0) is 23.9. The Morgan fingerprint density at radius 2 is 1.94 bits per heavy atom. The number of benzene rings is 2. The summed E-state index contributed by atoms with van der Waals surface area (Å²) < 4.78 is 5.38. The van der Waals surface area contributed by atoms with Crippen LogP contribution in [0, 0.1) is 5.92 Å². The number of rotatable bonds is 8. The second-order valence-corrected chi connectivity index (χ2v) is 9.11. The van der Waals surface area contributed by atoms with Crippen molar-refractivity contribution in [1.82, 2.24) is 9.88 Å². The van der Waals surface area contributed by atoms with Crippen LogP contribution in [0.3, 0.4) is 0 Å². The van der Waals surface area contributed by atoms with Gasteiger partial charge in [0.2, 0.25) is 0 Å². The number of carbonyl (C=O) groups is 1. The minimum Gasteiger partial charge on any atom is -0.497 e. The molecule has 0 bridgehead atoms. The van der Waals surface area contributed by atoms with E-state index in [0.29, 0.717) is 28.4 Å². The zero-order valence-electron chi connectivity index (χ0n) is 19.6. The first-order valence-electron chi connectivity index (χ1n) is 11.7. The number of ether oxygens (including phenoxy) is 1. The molecule has 1 atom stereocenters. The second-order valence-electron chi connectivity index (χ2n) is 8.67. The van der Waals surface area contributed by atoms with Crippen LogP contribution in [0.4, 0.5) is 11.5 Å². The number of carbonyl (C=O) groups excluding carboxylic acids is 1. The molecule has 1 fully saturated rings. The van der Waals surface area contributed by atoms with E-state index in [0.717, 1.165) is 43.9 Å². The van der Waals surface area contributed by atoms with E-state index in [2.05, 4.69) is 45.6 Å². The van der Waals surface area contributed by atoms with Crippen molar-refractivity contribution in [3.05, 3.63) is 83.0 Å². The summed E-state index contributed by atoms with van der Waals surface area (Å²) >= 11 is 5.88. The number of anilines is 2. The summed E-state index contributed by atoms with van der Waals surface area (Å²) in [5, 5.41) is 6.89. The maximum absolute atomic E-state index is 12.8. The van der Waals surface area contributed by atoms with Crippen molar-refractivity contribution in [1.29, 1.82) is 0 Å². The number of nitrogens with zero attached hydrogens (tertiary/aromatic N) is 2. The number of halogens is 1. The summed E-state index contributed by atoms with van der Waals surface area (Å²) in [5.74, 6) is 1.74. The molecule has 6 nitrogen and oxygen atoms in total. The molecule has 1 amide bonds. The fraction of sp³-hybridized carbons (Fsp3) is 0.333. The third kappa shape index (κ3) is 6.07. The highest BCUT2D eigenvalue weighted by molar-refractivity contribution is 6.30. The van der Waals surface area contributed by atoms with Crippen LogP contribution in [0.5, 0.6) is 5.75 Å². The van der Waals surface area contributed by atoms with Gasteiger partial charge in [-0.1, -0.05) is 35.9 Å². The van der Waals surface area contributed by atoms with E-state index in [1.54, 1.807) is 19.2 Å². The molecule has 3 aromatic rings. The third-order valence-electron chi connectivity index (χ3n) is 6.49. The number of amides is 1. The van der Waals surface area contributed by atoms with Crippen LogP contribution in [0.1, 0.15) is 41.7 Å². The molecule has 34 heavy (non-hydrogen) atoms. The zero-order valence-corrected chi connectivity index (χ0v) is 20.4.